The number of aryl methyl sites for hydroxylation is 1. The van der Waals surface area contributed by atoms with Crippen LogP contribution in [0.2, 0.25) is 0 Å². The van der Waals surface area contributed by atoms with Crippen molar-refractivity contribution in [2.75, 3.05) is 6.54 Å². The predicted octanol–water partition coefficient (Wildman–Crippen LogP) is 4.55. The molecule has 0 atom stereocenters. The lowest BCUT2D eigenvalue weighted by Gasteiger charge is -2.10. The Bertz CT molecular complexity index is 571. The van der Waals surface area contributed by atoms with Gasteiger partial charge in [-0.3, -0.25) is 0 Å². The maximum absolute atomic E-state index is 5.85. The van der Waals surface area contributed by atoms with E-state index in [1.54, 1.807) is 11.3 Å². The molecule has 0 saturated carbocycles. The zero-order valence-corrected chi connectivity index (χ0v) is 14.9. The van der Waals surface area contributed by atoms with Crippen LogP contribution in [0.25, 0.3) is 0 Å². The van der Waals surface area contributed by atoms with E-state index in [1.165, 1.54) is 5.56 Å². The molecule has 2 rings (SSSR count). The Morgan fingerprint density at radius 3 is 2.90 bits per heavy atom. The van der Waals surface area contributed by atoms with E-state index in [1.807, 2.05) is 12.1 Å². The Kier molecular flexibility index (Phi) is 6.67. The summed E-state index contributed by atoms with van der Waals surface area (Å²) in [5.74, 6) is 0.887. The SMILES string of the molecule is CCCNCc1cc(OCc2csc(CC)n2)ccc1Br. The van der Waals surface area contributed by atoms with Gasteiger partial charge in [0.05, 0.1) is 10.7 Å². The van der Waals surface area contributed by atoms with Crippen LogP contribution >= 0.6 is 27.3 Å². The lowest BCUT2D eigenvalue weighted by atomic mass is 10.2. The molecule has 1 heterocycles. The third-order valence-corrected chi connectivity index (χ3v) is 4.86. The lowest BCUT2D eigenvalue weighted by Crippen LogP contribution is -2.14. The van der Waals surface area contributed by atoms with E-state index in [9.17, 15) is 0 Å². The number of benzene rings is 1. The number of rotatable bonds is 8. The van der Waals surface area contributed by atoms with Crippen LogP contribution in [0.3, 0.4) is 0 Å². The quantitative estimate of drug-likeness (QED) is 0.694. The summed E-state index contributed by atoms with van der Waals surface area (Å²) in [5.41, 5.74) is 2.22. The number of nitrogens with one attached hydrogen (secondary N) is 1. The number of hydrogen-bond donors (Lipinski definition) is 1. The minimum atomic E-state index is 0.528. The zero-order valence-electron chi connectivity index (χ0n) is 12.5. The van der Waals surface area contributed by atoms with Gasteiger partial charge in [0, 0.05) is 16.4 Å². The Morgan fingerprint density at radius 2 is 2.19 bits per heavy atom. The largest absolute Gasteiger partial charge is 0.487 e. The average molecular weight is 369 g/mol. The molecule has 1 aromatic carbocycles. The molecule has 1 N–H and O–H groups in total. The molecule has 0 aliphatic heterocycles. The molecular weight excluding hydrogens is 348 g/mol. The standard InChI is InChI=1S/C16H21BrN2OS/c1-3-7-18-9-12-8-14(5-6-15(12)17)20-10-13-11-21-16(4-2)19-13/h5-6,8,11,18H,3-4,7,9-10H2,1-2H3. The summed E-state index contributed by atoms with van der Waals surface area (Å²) in [6, 6.07) is 6.11. The van der Waals surface area contributed by atoms with Crippen molar-refractivity contribution in [1.82, 2.24) is 10.3 Å². The zero-order chi connectivity index (χ0) is 15.1. The summed E-state index contributed by atoms with van der Waals surface area (Å²) in [6.45, 7) is 6.69. The second kappa shape index (κ2) is 8.51. The normalized spacial score (nSPS) is 10.8. The van der Waals surface area contributed by atoms with Crippen LogP contribution in [0.15, 0.2) is 28.1 Å². The first kappa shape index (κ1) is 16.5. The van der Waals surface area contributed by atoms with Gasteiger partial charge >= 0.3 is 0 Å². The van der Waals surface area contributed by atoms with Crippen molar-refractivity contribution >= 4 is 27.3 Å². The predicted molar refractivity (Wildman–Crippen MR) is 92.0 cm³/mol. The third kappa shape index (κ3) is 5.09. The summed E-state index contributed by atoms with van der Waals surface area (Å²) in [7, 11) is 0. The molecule has 0 bridgehead atoms. The fraction of sp³-hybridized carbons (Fsp3) is 0.438. The molecule has 0 radical (unpaired) electrons. The van der Waals surface area contributed by atoms with Crippen LogP contribution in [-0.4, -0.2) is 11.5 Å². The van der Waals surface area contributed by atoms with E-state index < -0.39 is 0 Å². The van der Waals surface area contributed by atoms with Gasteiger partial charge in [-0.25, -0.2) is 4.98 Å². The van der Waals surface area contributed by atoms with Gasteiger partial charge in [0.15, 0.2) is 0 Å². The van der Waals surface area contributed by atoms with Crippen molar-refractivity contribution < 1.29 is 4.74 Å². The molecule has 5 heteroatoms. The summed E-state index contributed by atoms with van der Waals surface area (Å²) in [6.07, 6.45) is 2.12. The summed E-state index contributed by atoms with van der Waals surface area (Å²) in [4.78, 5) is 4.52. The van der Waals surface area contributed by atoms with Gasteiger partial charge in [-0.05, 0) is 43.1 Å². The van der Waals surface area contributed by atoms with Gasteiger partial charge < -0.3 is 10.1 Å². The molecular formula is C16H21BrN2OS. The fourth-order valence-electron chi connectivity index (χ4n) is 1.91. The van der Waals surface area contributed by atoms with Gasteiger partial charge in [-0.2, -0.15) is 0 Å². The first-order valence-electron chi connectivity index (χ1n) is 7.28. The Balaban J connectivity index is 1.94. The van der Waals surface area contributed by atoms with Crippen molar-refractivity contribution in [3.05, 3.63) is 44.3 Å². The second-order valence-corrected chi connectivity index (χ2v) is 6.60. The smallest absolute Gasteiger partial charge is 0.131 e. The van der Waals surface area contributed by atoms with E-state index >= 15 is 0 Å². The highest BCUT2D eigenvalue weighted by atomic mass is 79.9. The fourth-order valence-corrected chi connectivity index (χ4v) is 3.03. The highest BCUT2D eigenvalue weighted by Gasteiger charge is 2.05. The second-order valence-electron chi connectivity index (χ2n) is 4.80. The van der Waals surface area contributed by atoms with Crippen LogP contribution in [0.4, 0.5) is 0 Å². The monoisotopic (exact) mass is 368 g/mol. The van der Waals surface area contributed by atoms with Gasteiger partial charge in [0.2, 0.25) is 0 Å². The van der Waals surface area contributed by atoms with Gasteiger partial charge in [0.25, 0.3) is 0 Å². The molecule has 0 spiro atoms. The number of hydrogen-bond acceptors (Lipinski definition) is 4. The number of aromatic nitrogens is 1. The van der Waals surface area contributed by atoms with Crippen molar-refractivity contribution in [2.24, 2.45) is 0 Å². The number of nitrogens with zero attached hydrogens (tertiary/aromatic N) is 1. The van der Waals surface area contributed by atoms with E-state index in [-0.39, 0.29) is 0 Å². The van der Waals surface area contributed by atoms with Crippen LogP contribution in [-0.2, 0) is 19.6 Å². The van der Waals surface area contributed by atoms with Crippen molar-refractivity contribution in [2.45, 2.75) is 39.8 Å². The highest BCUT2D eigenvalue weighted by molar-refractivity contribution is 9.10. The van der Waals surface area contributed by atoms with E-state index in [0.717, 1.165) is 46.9 Å². The van der Waals surface area contributed by atoms with Crippen molar-refractivity contribution in [3.63, 3.8) is 0 Å². The van der Waals surface area contributed by atoms with Crippen molar-refractivity contribution in [3.8, 4) is 5.75 Å². The molecule has 21 heavy (non-hydrogen) atoms. The molecule has 0 aliphatic rings. The highest BCUT2D eigenvalue weighted by Crippen LogP contribution is 2.23. The van der Waals surface area contributed by atoms with E-state index in [2.05, 4.69) is 51.5 Å². The topological polar surface area (TPSA) is 34.1 Å². The molecule has 0 amide bonds. The van der Waals surface area contributed by atoms with Gasteiger partial charge in [-0.1, -0.05) is 29.8 Å². The molecule has 0 unspecified atom stereocenters. The van der Waals surface area contributed by atoms with Crippen LogP contribution in [0.5, 0.6) is 5.75 Å². The maximum Gasteiger partial charge on any atom is 0.131 e. The van der Waals surface area contributed by atoms with Gasteiger partial charge in [0.1, 0.15) is 12.4 Å². The van der Waals surface area contributed by atoms with Crippen LogP contribution in [0, 0.1) is 0 Å². The summed E-state index contributed by atoms with van der Waals surface area (Å²) < 4.78 is 6.96. The molecule has 0 aliphatic carbocycles. The Morgan fingerprint density at radius 1 is 1.33 bits per heavy atom. The Labute approximate surface area is 138 Å². The van der Waals surface area contributed by atoms with Gasteiger partial charge in [-0.15, -0.1) is 11.3 Å². The summed E-state index contributed by atoms with van der Waals surface area (Å²) >= 11 is 5.28. The average Bonchev–Trinajstić information content (AvgIpc) is 2.96. The molecule has 114 valence electrons. The number of ether oxygens (including phenoxy) is 1. The molecule has 2 aromatic rings. The minimum absolute atomic E-state index is 0.528. The maximum atomic E-state index is 5.85. The number of halogens is 1. The number of thiazole rings is 1. The summed E-state index contributed by atoms with van der Waals surface area (Å²) in [5, 5.41) is 6.64. The van der Waals surface area contributed by atoms with Crippen molar-refractivity contribution in [1.29, 1.82) is 0 Å². The molecule has 0 fully saturated rings. The van der Waals surface area contributed by atoms with E-state index in [4.69, 9.17) is 4.74 Å². The van der Waals surface area contributed by atoms with Crippen LogP contribution in [0.1, 0.15) is 36.5 Å². The lowest BCUT2D eigenvalue weighted by molar-refractivity contribution is 0.301. The molecule has 3 nitrogen and oxygen atoms in total. The van der Waals surface area contributed by atoms with Crippen LogP contribution < -0.4 is 10.1 Å². The molecule has 1 aromatic heterocycles. The minimum Gasteiger partial charge on any atom is -0.487 e. The first-order valence-corrected chi connectivity index (χ1v) is 8.95. The first-order chi connectivity index (χ1) is 10.2. The third-order valence-electron chi connectivity index (χ3n) is 3.05. The van der Waals surface area contributed by atoms with E-state index in [0.29, 0.717) is 6.61 Å². The Hall–Kier alpha value is -0.910. The molecule has 0 saturated heterocycles.